The maximum Gasteiger partial charge on any atom is 0.262 e. The zero-order valence-corrected chi connectivity index (χ0v) is 16.6. The third kappa shape index (κ3) is 1.99. The monoisotopic (exact) mass is 400 g/mol. The Balaban J connectivity index is 1.59. The van der Waals surface area contributed by atoms with Gasteiger partial charge in [0, 0.05) is 18.5 Å². The van der Waals surface area contributed by atoms with Crippen LogP contribution in [0.3, 0.4) is 0 Å². The summed E-state index contributed by atoms with van der Waals surface area (Å²) in [7, 11) is 0. The van der Waals surface area contributed by atoms with E-state index in [4.69, 9.17) is 4.98 Å². The summed E-state index contributed by atoms with van der Waals surface area (Å²) in [6, 6.07) is 14.1. The van der Waals surface area contributed by atoms with Crippen LogP contribution in [0, 0.1) is 0 Å². The first-order valence-corrected chi connectivity index (χ1v) is 10.2. The highest BCUT2D eigenvalue weighted by atomic mass is 16.2. The zero-order valence-electron chi connectivity index (χ0n) is 16.6. The van der Waals surface area contributed by atoms with E-state index >= 15 is 0 Å². The van der Waals surface area contributed by atoms with Gasteiger partial charge < -0.3 is 4.90 Å². The largest absolute Gasteiger partial charge is 0.309 e. The van der Waals surface area contributed by atoms with E-state index in [9.17, 15) is 14.4 Å². The summed E-state index contributed by atoms with van der Waals surface area (Å²) in [5.41, 5.74) is 2.39. The van der Waals surface area contributed by atoms with Gasteiger partial charge in [-0.15, -0.1) is 0 Å². The first-order valence-electron chi connectivity index (χ1n) is 10.2. The number of nitrogens with zero attached hydrogens (tertiary/aromatic N) is 4. The molecule has 150 valence electrons. The first kappa shape index (κ1) is 17.4. The molecule has 0 saturated carbocycles. The minimum Gasteiger partial charge on any atom is -0.309 e. The highest BCUT2D eigenvalue weighted by Crippen LogP contribution is 2.55. The van der Waals surface area contributed by atoms with Crippen LogP contribution in [0.5, 0.6) is 0 Å². The second-order valence-corrected chi connectivity index (χ2v) is 8.30. The molecule has 1 fully saturated rings. The molecule has 0 bridgehead atoms. The molecule has 2 aromatic carbocycles. The van der Waals surface area contributed by atoms with Gasteiger partial charge in [0.05, 0.1) is 16.9 Å². The van der Waals surface area contributed by atoms with Gasteiger partial charge in [-0.05, 0) is 37.1 Å². The van der Waals surface area contributed by atoms with E-state index < -0.39 is 6.04 Å². The molecule has 3 aliphatic rings. The van der Waals surface area contributed by atoms with Gasteiger partial charge in [-0.25, -0.2) is 4.98 Å². The van der Waals surface area contributed by atoms with Crippen LogP contribution in [0.15, 0.2) is 53.3 Å². The van der Waals surface area contributed by atoms with Crippen molar-refractivity contribution in [2.24, 2.45) is 0 Å². The number of amides is 2. The van der Waals surface area contributed by atoms with Crippen molar-refractivity contribution >= 4 is 28.4 Å². The van der Waals surface area contributed by atoms with Gasteiger partial charge in [-0.1, -0.05) is 30.3 Å². The van der Waals surface area contributed by atoms with Crippen LogP contribution >= 0.6 is 0 Å². The van der Waals surface area contributed by atoms with Crippen LogP contribution in [0.2, 0.25) is 0 Å². The van der Waals surface area contributed by atoms with Crippen molar-refractivity contribution in [2.45, 2.75) is 44.4 Å². The summed E-state index contributed by atoms with van der Waals surface area (Å²) in [5.74, 6) is 0.381. The normalized spacial score (nSPS) is 26.4. The molecule has 7 nitrogen and oxygen atoms in total. The fourth-order valence-corrected chi connectivity index (χ4v) is 5.58. The second-order valence-electron chi connectivity index (χ2n) is 8.30. The van der Waals surface area contributed by atoms with Crippen LogP contribution in [0.1, 0.15) is 49.7 Å². The zero-order chi connectivity index (χ0) is 20.7. The summed E-state index contributed by atoms with van der Waals surface area (Å²) in [6.07, 6.45) is 0.256. The van der Waals surface area contributed by atoms with Gasteiger partial charge in [0.15, 0.2) is 0 Å². The average molecular weight is 400 g/mol. The Bertz CT molecular complexity index is 1310. The van der Waals surface area contributed by atoms with Crippen molar-refractivity contribution in [3.63, 3.8) is 0 Å². The molecule has 6 rings (SSSR count). The lowest BCUT2D eigenvalue weighted by Crippen LogP contribution is -2.55. The topological polar surface area (TPSA) is 75.5 Å². The van der Waals surface area contributed by atoms with Crippen LogP contribution in [0.4, 0.5) is 5.69 Å². The van der Waals surface area contributed by atoms with Crippen LogP contribution in [0.25, 0.3) is 10.9 Å². The Kier molecular flexibility index (Phi) is 3.35. The third-order valence-corrected chi connectivity index (χ3v) is 6.79. The lowest BCUT2D eigenvalue weighted by Gasteiger charge is -2.41. The standard InChI is InChI=1S/C23H20N4O3/c1-12-22(29)27-19(20-24-17-9-5-3-8-15(17)23(30)25(12)20)11-16-14-7-4-6-10-18(14)26(13(2)28)21(16)27/h3-10,12,16,19,21H,11H2,1-2H3/t12-,16+,19+,21+/m1/s1. The molecule has 1 saturated heterocycles. The molecule has 3 aliphatic heterocycles. The predicted molar refractivity (Wildman–Crippen MR) is 111 cm³/mol. The Morgan fingerprint density at radius 2 is 1.80 bits per heavy atom. The Labute approximate surface area is 172 Å². The van der Waals surface area contributed by atoms with Crippen molar-refractivity contribution in [3.8, 4) is 0 Å². The Morgan fingerprint density at radius 3 is 2.60 bits per heavy atom. The SMILES string of the molecule is CC(=O)N1c2ccccc2[C@@H]2C[C@H]3c4nc5ccccc5c(=O)n4[C@H](C)C(=O)N3[C@@H]21. The van der Waals surface area contributed by atoms with E-state index in [1.165, 1.54) is 6.92 Å². The molecule has 3 aromatic rings. The molecule has 7 heteroatoms. The quantitative estimate of drug-likeness (QED) is 0.582. The summed E-state index contributed by atoms with van der Waals surface area (Å²) in [5, 5.41) is 0.517. The number of fused-ring (bicyclic) bond motifs is 8. The third-order valence-electron chi connectivity index (χ3n) is 6.79. The number of rotatable bonds is 0. The summed E-state index contributed by atoms with van der Waals surface area (Å²) < 4.78 is 1.55. The van der Waals surface area contributed by atoms with Crippen LogP contribution in [-0.2, 0) is 9.59 Å². The number of benzene rings is 2. The number of carbonyl (C=O) groups is 2. The number of hydrogen-bond acceptors (Lipinski definition) is 4. The molecule has 4 atom stereocenters. The molecular formula is C23H20N4O3. The molecule has 0 N–H and O–H groups in total. The minimum atomic E-state index is -0.669. The average Bonchev–Trinajstić information content (AvgIpc) is 3.27. The van der Waals surface area contributed by atoms with E-state index in [0.717, 1.165) is 11.3 Å². The lowest BCUT2D eigenvalue weighted by molar-refractivity contribution is -0.140. The number of anilines is 1. The number of aromatic nitrogens is 2. The van der Waals surface area contributed by atoms with Crippen molar-refractivity contribution in [3.05, 3.63) is 70.3 Å². The highest BCUT2D eigenvalue weighted by Gasteiger charge is 2.57. The molecule has 30 heavy (non-hydrogen) atoms. The lowest BCUT2D eigenvalue weighted by atomic mass is 9.96. The Morgan fingerprint density at radius 1 is 1.07 bits per heavy atom. The summed E-state index contributed by atoms with van der Waals surface area (Å²) in [6.45, 7) is 3.28. The number of para-hydroxylation sites is 2. The smallest absolute Gasteiger partial charge is 0.262 e. The summed E-state index contributed by atoms with van der Waals surface area (Å²) >= 11 is 0. The number of carbonyl (C=O) groups excluding carboxylic acids is 2. The maximum atomic E-state index is 13.5. The Hall–Kier alpha value is -3.48. The fourth-order valence-electron chi connectivity index (χ4n) is 5.58. The summed E-state index contributed by atoms with van der Waals surface area (Å²) in [4.78, 5) is 47.7. The molecule has 4 heterocycles. The van der Waals surface area contributed by atoms with Gasteiger partial charge >= 0.3 is 0 Å². The van der Waals surface area contributed by atoms with E-state index in [1.54, 1.807) is 27.4 Å². The van der Waals surface area contributed by atoms with Crippen LogP contribution < -0.4 is 10.5 Å². The minimum absolute atomic E-state index is 0.00109. The maximum absolute atomic E-state index is 13.5. The van der Waals surface area contributed by atoms with Crippen molar-refractivity contribution in [1.82, 2.24) is 14.5 Å². The first-order chi connectivity index (χ1) is 14.5. The van der Waals surface area contributed by atoms with E-state index in [1.807, 2.05) is 42.5 Å². The van der Waals surface area contributed by atoms with Crippen molar-refractivity contribution < 1.29 is 9.59 Å². The van der Waals surface area contributed by atoms with Crippen molar-refractivity contribution in [1.29, 1.82) is 0 Å². The predicted octanol–water partition coefficient (Wildman–Crippen LogP) is 2.72. The molecule has 1 aromatic heterocycles. The molecule has 2 amide bonds. The van der Waals surface area contributed by atoms with Gasteiger partial charge in [0.25, 0.3) is 5.56 Å². The van der Waals surface area contributed by atoms with Gasteiger partial charge in [-0.3, -0.25) is 23.9 Å². The molecule has 0 unspecified atom stereocenters. The molecule has 0 radical (unpaired) electrons. The van der Waals surface area contributed by atoms with E-state index in [-0.39, 0.29) is 35.5 Å². The van der Waals surface area contributed by atoms with Crippen molar-refractivity contribution in [2.75, 3.05) is 4.90 Å². The highest BCUT2D eigenvalue weighted by molar-refractivity contribution is 5.97. The van der Waals surface area contributed by atoms with Crippen LogP contribution in [-0.4, -0.2) is 32.4 Å². The molecule has 0 aliphatic carbocycles. The fraction of sp³-hybridized carbons (Fsp3) is 0.304. The second kappa shape index (κ2) is 5.78. The van der Waals surface area contributed by atoms with Gasteiger partial charge in [-0.2, -0.15) is 0 Å². The van der Waals surface area contributed by atoms with E-state index in [0.29, 0.717) is 23.1 Å². The van der Waals surface area contributed by atoms with Gasteiger partial charge in [0.2, 0.25) is 11.8 Å². The van der Waals surface area contributed by atoms with E-state index in [2.05, 4.69) is 0 Å². The molecule has 0 spiro atoms. The molecular weight excluding hydrogens is 380 g/mol. The van der Waals surface area contributed by atoms with Gasteiger partial charge in [0.1, 0.15) is 18.0 Å². The number of hydrogen-bond donors (Lipinski definition) is 0.